The normalized spacial score (nSPS) is 13.2. The largest absolute Gasteiger partial charge is 0.369 e. The van der Waals surface area contributed by atoms with Gasteiger partial charge in [0.15, 0.2) is 0 Å². The van der Waals surface area contributed by atoms with Crippen LogP contribution in [0.4, 0.5) is 0 Å². The number of benzene rings is 1. The molecule has 0 bridgehead atoms. The van der Waals surface area contributed by atoms with Crippen molar-refractivity contribution in [2.45, 2.75) is 17.9 Å². The van der Waals surface area contributed by atoms with E-state index >= 15 is 0 Å². The number of nitrogens with one attached hydrogen (secondary N) is 2. The first-order valence-corrected chi connectivity index (χ1v) is 6.90. The average molecular weight is 271 g/mol. The van der Waals surface area contributed by atoms with Crippen molar-refractivity contribution in [2.75, 3.05) is 13.6 Å². The predicted molar refractivity (Wildman–Crippen MR) is 68.3 cm³/mol. The maximum absolute atomic E-state index is 11.9. The molecule has 1 aromatic rings. The maximum atomic E-state index is 11.9. The maximum Gasteiger partial charge on any atom is 0.241 e. The molecule has 0 saturated carbocycles. The standard InChI is InChI=1S/C11H17N3O3S/c1-8(13-2)9-4-3-5-10(6-9)18(16,17)14-7-11(12)15/h3-6,8,13-14H,7H2,1-2H3,(H2,12,15). The molecule has 0 aliphatic rings. The molecule has 0 aromatic heterocycles. The number of amides is 1. The molecule has 6 nitrogen and oxygen atoms in total. The van der Waals surface area contributed by atoms with Crippen LogP contribution in [0.1, 0.15) is 18.5 Å². The number of carbonyl (C=O) groups excluding carboxylic acids is 1. The summed E-state index contributed by atoms with van der Waals surface area (Å²) in [6, 6.07) is 6.55. The van der Waals surface area contributed by atoms with Gasteiger partial charge in [-0.15, -0.1) is 0 Å². The first kappa shape index (κ1) is 14.6. The van der Waals surface area contributed by atoms with Gasteiger partial charge in [-0.05, 0) is 31.7 Å². The fourth-order valence-electron chi connectivity index (χ4n) is 1.37. The fourth-order valence-corrected chi connectivity index (χ4v) is 2.42. The van der Waals surface area contributed by atoms with Gasteiger partial charge in [-0.1, -0.05) is 12.1 Å². The highest BCUT2D eigenvalue weighted by molar-refractivity contribution is 7.89. The lowest BCUT2D eigenvalue weighted by Crippen LogP contribution is -2.33. The van der Waals surface area contributed by atoms with Crippen LogP contribution in [0.25, 0.3) is 0 Å². The molecule has 1 rings (SSSR count). The predicted octanol–water partition coefficient (Wildman–Crippen LogP) is -0.269. The summed E-state index contributed by atoms with van der Waals surface area (Å²) >= 11 is 0. The summed E-state index contributed by atoms with van der Waals surface area (Å²) in [4.78, 5) is 10.7. The molecule has 0 heterocycles. The van der Waals surface area contributed by atoms with Gasteiger partial charge in [0.2, 0.25) is 15.9 Å². The van der Waals surface area contributed by atoms with Crippen molar-refractivity contribution in [3.63, 3.8) is 0 Å². The molecule has 0 spiro atoms. The Morgan fingerprint density at radius 3 is 2.67 bits per heavy atom. The molecule has 1 amide bonds. The summed E-state index contributed by atoms with van der Waals surface area (Å²) in [6.45, 7) is 1.51. The summed E-state index contributed by atoms with van der Waals surface area (Å²) in [5.41, 5.74) is 5.75. The van der Waals surface area contributed by atoms with Crippen LogP contribution in [0.2, 0.25) is 0 Å². The van der Waals surface area contributed by atoms with Gasteiger partial charge in [0.25, 0.3) is 0 Å². The van der Waals surface area contributed by atoms with E-state index in [0.29, 0.717) is 0 Å². The van der Waals surface area contributed by atoms with E-state index in [0.717, 1.165) is 5.56 Å². The minimum absolute atomic E-state index is 0.0382. The molecule has 0 saturated heterocycles. The lowest BCUT2D eigenvalue weighted by Gasteiger charge is -2.12. The minimum Gasteiger partial charge on any atom is -0.369 e. The second-order valence-corrected chi connectivity index (χ2v) is 5.64. The molecule has 18 heavy (non-hydrogen) atoms. The van der Waals surface area contributed by atoms with Gasteiger partial charge in [-0.2, -0.15) is 0 Å². The molecule has 100 valence electrons. The van der Waals surface area contributed by atoms with Gasteiger partial charge in [-0.25, -0.2) is 13.1 Å². The zero-order valence-electron chi connectivity index (χ0n) is 10.3. The molecule has 0 aliphatic carbocycles. The summed E-state index contributed by atoms with van der Waals surface area (Å²) in [5.74, 6) is -0.724. The number of rotatable bonds is 6. The van der Waals surface area contributed by atoms with E-state index in [4.69, 9.17) is 5.73 Å². The number of hydrogen-bond donors (Lipinski definition) is 3. The number of primary amides is 1. The highest BCUT2D eigenvalue weighted by Gasteiger charge is 2.15. The number of carbonyl (C=O) groups is 1. The van der Waals surface area contributed by atoms with Crippen molar-refractivity contribution in [1.29, 1.82) is 0 Å². The van der Waals surface area contributed by atoms with Gasteiger partial charge in [0.1, 0.15) is 0 Å². The van der Waals surface area contributed by atoms with E-state index in [1.807, 2.05) is 13.0 Å². The Hall–Kier alpha value is -1.44. The molecule has 0 fully saturated rings. The number of hydrogen-bond acceptors (Lipinski definition) is 4. The quantitative estimate of drug-likeness (QED) is 0.663. The molecule has 1 unspecified atom stereocenters. The van der Waals surface area contributed by atoms with Crippen molar-refractivity contribution in [3.8, 4) is 0 Å². The lowest BCUT2D eigenvalue weighted by atomic mass is 10.1. The lowest BCUT2D eigenvalue weighted by molar-refractivity contribution is -0.116. The van der Waals surface area contributed by atoms with Crippen LogP contribution in [0.15, 0.2) is 29.2 Å². The van der Waals surface area contributed by atoms with Gasteiger partial charge in [-0.3, -0.25) is 4.79 Å². The molecule has 1 atom stereocenters. The van der Waals surface area contributed by atoms with Crippen LogP contribution in [0.5, 0.6) is 0 Å². The molecule has 0 aliphatic heterocycles. The Morgan fingerprint density at radius 1 is 1.44 bits per heavy atom. The van der Waals surface area contributed by atoms with Gasteiger partial charge >= 0.3 is 0 Å². The highest BCUT2D eigenvalue weighted by atomic mass is 32.2. The van der Waals surface area contributed by atoms with Crippen LogP contribution < -0.4 is 15.8 Å². The Kier molecular flexibility index (Phi) is 4.83. The van der Waals surface area contributed by atoms with E-state index in [1.165, 1.54) is 6.07 Å². The van der Waals surface area contributed by atoms with Crippen molar-refractivity contribution in [3.05, 3.63) is 29.8 Å². The Morgan fingerprint density at radius 2 is 2.11 bits per heavy atom. The van der Waals surface area contributed by atoms with Crippen LogP contribution in [-0.4, -0.2) is 27.9 Å². The Bertz CT molecular complexity index is 528. The van der Waals surface area contributed by atoms with Crippen molar-refractivity contribution in [2.24, 2.45) is 5.73 Å². The Labute approximate surface area is 107 Å². The highest BCUT2D eigenvalue weighted by Crippen LogP contribution is 2.16. The van der Waals surface area contributed by atoms with Crippen molar-refractivity contribution >= 4 is 15.9 Å². The molecule has 7 heteroatoms. The van der Waals surface area contributed by atoms with Gasteiger partial charge < -0.3 is 11.1 Å². The average Bonchev–Trinajstić information content (AvgIpc) is 2.35. The molecular weight excluding hydrogens is 254 g/mol. The van der Waals surface area contributed by atoms with Crippen LogP contribution in [0.3, 0.4) is 0 Å². The Balaban J connectivity index is 2.98. The summed E-state index contributed by atoms with van der Waals surface area (Å²) < 4.78 is 25.9. The van der Waals surface area contributed by atoms with Crippen LogP contribution in [-0.2, 0) is 14.8 Å². The third-order valence-electron chi connectivity index (χ3n) is 2.54. The van der Waals surface area contributed by atoms with E-state index < -0.39 is 22.5 Å². The van der Waals surface area contributed by atoms with Crippen molar-refractivity contribution < 1.29 is 13.2 Å². The molecule has 4 N–H and O–H groups in total. The SMILES string of the molecule is CNC(C)c1cccc(S(=O)(=O)NCC(N)=O)c1. The molecular formula is C11H17N3O3S. The van der Waals surface area contributed by atoms with E-state index in [9.17, 15) is 13.2 Å². The molecule has 0 radical (unpaired) electrons. The second-order valence-electron chi connectivity index (χ2n) is 3.87. The van der Waals surface area contributed by atoms with E-state index in [-0.39, 0.29) is 10.9 Å². The summed E-state index contributed by atoms with van der Waals surface area (Å²) in [6.07, 6.45) is 0. The summed E-state index contributed by atoms with van der Waals surface area (Å²) in [5, 5.41) is 3.02. The summed E-state index contributed by atoms with van der Waals surface area (Å²) in [7, 11) is -1.91. The minimum atomic E-state index is -3.70. The topological polar surface area (TPSA) is 101 Å². The van der Waals surface area contributed by atoms with Crippen molar-refractivity contribution in [1.82, 2.24) is 10.0 Å². The number of nitrogens with two attached hydrogens (primary N) is 1. The number of sulfonamides is 1. The van der Waals surface area contributed by atoms with Crippen LogP contribution in [0, 0.1) is 0 Å². The van der Waals surface area contributed by atoms with Gasteiger partial charge in [0.05, 0.1) is 11.4 Å². The fraction of sp³-hybridized carbons (Fsp3) is 0.364. The van der Waals surface area contributed by atoms with E-state index in [1.54, 1.807) is 19.2 Å². The smallest absolute Gasteiger partial charge is 0.241 e. The van der Waals surface area contributed by atoms with Crippen LogP contribution >= 0.6 is 0 Å². The third kappa shape index (κ3) is 3.80. The second kappa shape index (κ2) is 5.94. The zero-order valence-corrected chi connectivity index (χ0v) is 11.1. The third-order valence-corrected chi connectivity index (χ3v) is 3.94. The van der Waals surface area contributed by atoms with E-state index in [2.05, 4.69) is 10.0 Å². The first-order valence-electron chi connectivity index (χ1n) is 5.42. The zero-order chi connectivity index (χ0) is 13.8. The monoisotopic (exact) mass is 271 g/mol. The van der Waals surface area contributed by atoms with Gasteiger partial charge in [0, 0.05) is 6.04 Å². The molecule has 1 aromatic carbocycles. The first-order chi connectivity index (χ1) is 8.36.